The summed E-state index contributed by atoms with van der Waals surface area (Å²) in [6.07, 6.45) is -18.0. The molecule has 0 unspecified atom stereocenters. The Morgan fingerprint density at radius 2 is 1.79 bits per heavy atom. The second kappa shape index (κ2) is 7.72. The van der Waals surface area contributed by atoms with Gasteiger partial charge in [-0.1, -0.05) is 11.8 Å². The monoisotopic (exact) mass is 534 g/mol. The fraction of sp³-hybridized carbons (Fsp3) is 0.533. The van der Waals surface area contributed by atoms with E-state index < -0.39 is 80.7 Å². The van der Waals surface area contributed by atoms with Crippen molar-refractivity contribution >= 4 is 33.5 Å². The lowest BCUT2D eigenvalue weighted by Crippen LogP contribution is -2.68. The molecule has 0 aromatic heterocycles. The van der Waals surface area contributed by atoms with Gasteiger partial charge in [-0.05, 0) is 30.5 Å². The highest BCUT2D eigenvalue weighted by Gasteiger charge is 2.65. The van der Waals surface area contributed by atoms with Gasteiger partial charge in [0.25, 0.3) is 10.1 Å². The molecule has 0 radical (unpaired) electrons. The van der Waals surface area contributed by atoms with Gasteiger partial charge in [-0.3, -0.25) is 9.35 Å². The van der Waals surface area contributed by atoms with E-state index in [0.717, 1.165) is 0 Å². The van der Waals surface area contributed by atoms with Crippen LogP contribution in [0.15, 0.2) is 17.0 Å². The van der Waals surface area contributed by atoms with Crippen LogP contribution < -0.4 is 15.0 Å². The Balaban J connectivity index is 2.20. The van der Waals surface area contributed by atoms with E-state index in [0.29, 0.717) is 12.1 Å². The molecule has 33 heavy (non-hydrogen) atoms. The first-order valence-corrected chi connectivity index (χ1v) is 11.0. The zero-order valence-corrected chi connectivity index (χ0v) is 17.2. The fourth-order valence-corrected chi connectivity index (χ4v) is 6.06. The summed E-state index contributed by atoms with van der Waals surface area (Å²) in [5.74, 6) is -5.54. The van der Waals surface area contributed by atoms with Crippen LogP contribution in [-0.4, -0.2) is 54.4 Å². The number of rotatable bonds is 4. The van der Waals surface area contributed by atoms with Gasteiger partial charge < -0.3 is 15.0 Å². The van der Waals surface area contributed by atoms with Crippen molar-refractivity contribution in [1.29, 1.82) is 0 Å². The summed E-state index contributed by atoms with van der Waals surface area (Å²) in [6, 6.07) is 1.31. The van der Waals surface area contributed by atoms with Crippen molar-refractivity contribution in [2.75, 3.05) is 10.7 Å². The number of ether oxygens (including phenoxy) is 1. The number of hydrogen-bond donors (Lipinski definition) is 2. The molecule has 2 aliphatic rings. The zero-order valence-electron chi connectivity index (χ0n) is 15.6. The largest absolute Gasteiger partial charge is 0.573 e. The number of aryl methyl sites for hydroxylation is 1. The lowest BCUT2D eigenvalue weighted by atomic mass is 9.84. The Kier molecular flexibility index (Phi) is 5.98. The molecule has 1 aromatic carbocycles. The quantitative estimate of drug-likeness (QED) is 0.451. The number of alkyl halides is 9. The highest BCUT2D eigenvalue weighted by atomic mass is 32.2. The van der Waals surface area contributed by atoms with Crippen LogP contribution in [0.2, 0.25) is 0 Å². The van der Waals surface area contributed by atoms with Crippen LogP contribution in [0.1, 0.15) is 12.0 Å². The van der Waals surface area contributed by atoms with Gasteiger partial charge in [0.15, 0.2) is 11.0 Å². The first-order chi connectivity index (χ1) is 14.7. The Bertz CT molecular complexity index is 1070. The minimum Gasteiger partial charge on any atom is -0.406 e. The molecule has 186 valence electrons. The molecular weight excluding hydrogens is 523 g/mol. The Morgan fingerprint density at radius 1 is 1.18 bits per heavy atom. The molecule has 0 saturated carbocycles. The van der Waals surface area contributed by atoms with E-state index in [1.54, 1.807) is 0 Å². The van der Waals surface area contributed by atoms with Gasteiger partial charge in [-0.15, -0.1) is 13.2 Å². The summed E-state index contributed by atoms with van der Waals surface area (Å²) >= 11 is 0.122. The van der Waals surface area contributed by atoms with Crippen LogP contribution in [0.25, 0.3) is 0 Å². The average molecular weight is 534 g/mol. The summed E-state index contributed by atoms with van der Waals surface area (Å²) in [4.78, 5) is 11.1. The van der Waals surface area contributed by atoms with Crippen LogP contribution in [0.3, 0.4) is 0 Å². The predicted molar refractivity (Wildman–Crippen MR) is 93.0 cm³/mol. The fourth-order valence-electron chi connectivity index (χ4n) is 3.67. The summed E-state index contributed by atoms with van der Waals surface area (Å²) in [5, 5.41) is 1.29. The van der Waals surface area contributed by atoms with Crippen molar-refractivity contribution in [3.8, 4) is 5.75 Å². The van der Waals surface area contributed by atoms with Crippen LogP contribution in [-0.2, 0) is 21.3 Å². The molecule has 0 fully saturated rings. The molecule has 1 amide bonds. The maximum absolute atomic E-state index is 14.2. The predicted octanol–water partition coefficient (Wildman–Crippen LogP) is 3.59. The third kappa shape index (κ3) is 5.06. The molecule has 7 nitrogen and oxygen atoms in total. The molecule has 1 aromatic rings. The zero-order chi connectivity index (χ0) is 25.2. The molecule has 2 aliphatic heterocycles. The molecule has 2 atom stereocenters. The van der Waals surface area contributed by atoms with E-state index in [4.69, 9.17) is 0 Å². The van der Waals surface area contributed by atoms with Gasteiger partial charge in [-0.2, -0.15) is 34.8 Å². The number of amides is 1. The highest BCUT2D eigenvalue weighted by molar-refractivity contribution is 8.00. The molecule has 0 spiro atoms. The highest BCUT2D eigenvalue weighted by Crippen LogP contribution is 2.57. The maximum Gasteiger partial charge on any atom is 0.573 e. The van der Waals surface area contributed by atoms with Gasteiger partial charge in [0.1, 0.15) is 11.5 Å². The molecule has 0 bridgehead atoms. The van der Waals surface area contributed by atoms with E-state index in [-0.39, 0.29) is 22.2 Å². The van der Waals surface area contributed by atoms with Crippen molar-refractivity contribution in [2.24, 2.45) is 0 Å². The molecule has 0 saturated heterocycles. The molecule has 18 heteroatoms. The smallest absolute Gasteiger partial charge is 0.406 e. The van der Waals surface area contributed by atoms with Crippen LogP contribution in [0.4, 0.5) is 45.2 Å². The van der Waals surface area contributed by atoms with E-state index >= 15 is 0 Å². The van der Waals surface area contributed by atoms with Gasteiger partial charge in [0.2, 0.25) is 0 Å². The molecular formula is C15H11F9N2O5S2. The van der Waals surface area contributed by atoms with E-state index in [9.17, 15) is 57.3 Å². The normalized spacial score (nSPS) is 23.3. The summed E-state index contributed by atoms with van der Waals surface area (Å²) in [7, 11) is -5.38. The number of anilines is 1. The second-order valence-corrected chi connectivity index (χ2v) is 9.62. The summed E-state index contributed by atoms with van der Waals surface area (Å²) < 4.78 is 154. The maximum atomic E-state index is 14.2. The van der Waals surface area contributed by atoms with E-state index in [1.807, 2.05) is 0 Å². The minimum absolute atomic E-state index is 0.122. The first kappa shape index (κ1) is 25.5. The molecule has 0 aliphatic carbocycles. The molecule has 3 rings (SSSR count). The number of nitrogens with one attached hydrogen (secondary N) is 1. The van der Waals surface area contributed by atoms with Gasteiger partial charge in [0.05, 0.1) is 5.69 Å². The van der Waals surface area contributed by atoms with Gasteiger partial charge in [0, 0.05) is 4.90 Å². The van der Waals surface area contributed by atoms with Crippen molar-refractivity contribution in [3.05, 3.63) is 17.7 Å². The third-order valence-electron chi connectivity index (χ3n) is 4.80. The van der Waals surface area contributed by atoms with Crippen LogP contribution in [0.5, 0.6) is 5.75 Å². The summed E-state index contributed by atoms with van der Waals surface area (Å²) in [5.41, 5.74) is -6.48. The van der Waals surface area contributed by atoms with Gasteiger partial charge in [-0.25, -0.2) is 0 Å². The number of halogens is 9. The lowest BCUT2D eigenvalue weighted by molar-refractivity contribution is -0.274. The van der Waals surface area contributed by atoms with Crippen molar-refractivity contribution in [3.63, 3.8) is 0 Å². The second-order valence-electron chi connectivity index (χ2n) is 7.04. The van der Waals surface area contributed by atoms with Crippen LogP contribution >= 0.6 is 11.8 Å². The van der Waals surface area contributed by atoms with Gasteiger partial charge >= 0.3 is 24.6 Å². The summed E-state index contributed by atoms with van der Waals surface area (Å²) in [6.45, 7) is 0. The van der Waals surface area contributed by atoms with E-state index in [1.165, 1.54) is 5.32 Å². The van der Waals surface area contributed by atoms with E-state index in [2.05, 4.69) is 4.74 Å². The number of hydrogen-bond acceptors (Lipinski definition) is 6. The Hall–Kier alpha value is -2.08. The van der Waals surface area contributed by atoms with Crippen molar-refractivity contribution in [2.45, 2.75) is 47.5 Å². The Morgan fingerprint density at radius 3 is 2.27 bits per heavy atom. The number of nitrogens with zero attached hydrogens (tertiary/aromatic N) is 1. The standard InChI is InChI=1S/C15H11F9N2O5S2/c16-13(17,18)10(27)25-11-26-9-6(3-7(4-8(9)32-11)31-15(22,23)24)1-2-12(26,14(19,20)21)5-33(28,29)30/h3-4,11H,1-2,5H2,(H,25,27)(H,28,29,30)/t11-,12-/m1/s1. The molecule has 2 heterocycles. The van der Waals surface area contributed by atoms with Crippen molar-refractivity contribution < 1.29 is 62.0 Å². The Labute approximate surface area is 183 Å². The molecule has 2 N–H and O–H groups in total. The number of thioether (sulfide) groups is 1. The lowest BCUT2D eigenvalue weighted by Gasteiger charge is -2.49. The van der Waals surface area contributed by atoms with Crippen LogP contribution in [0, 0.1) is 0 Å². The minimum atomic E-state index is -5.54. The first-order valence-electron chi connectivity index (χ1n) is 8.52. The number of carbonyl (C=O) groups excluding carboxylic acids is 1. The average Bonchev–Trinajstić information content (AvgIpc) is 2.92. The third-order valence-corrected chi connectivity index (χ3v) is 6.76. The number of benzene rings is 1. The van der Waals surface area contributed by atoms with Crippen molar-refractivity contribution in [1.82, 2.24) is 5.32 Å². The SMILES string of the molecule is O=C(N[C@H]1Sc2cc(OC(F)(F)F)cc3c2N1[C@](CS(=O)(=O)O)(C(F)(F)F)CC3)C(F)(F)F. The number of carbonyl (C=O) groups is 1. The topological polar surface area (TPSA) is 95.9 Å².